The summed E-state index contributed by atoms with van der Waals surface area (Å²) in [5, 5.41) is 4.71. The number of fused-ring (bicyclic) bond motifs is 1. The van der Waals surface area contributed by atoms with Crippen molar-refractivity contribution >= 4 is 10.9 Å². The molecule has 0 aliphatic heterocycles. The van der Waals surface area contributed by atoms with Gasteiger partial charge in [0.15, 0.2) is 11.5 Å². The second-order valence-corrected chi connectivity index (χ2v) is 5.50. The Hall–Kier alpha value is -2.66. The minimum Gasteiger partial charge on any atom is -0.493 e. The predicted molar refractivity (Wildman–Crippen MR) is 94.9 cm³/mol. The molecule has 2 aromatic carbocycles. The zero-order valence-corrected chi connectivity index (χ0v) is 14.2. The number of benzene rings is 2. The molecule has 0 aliphatic carbocycles. The molecule has 0 saturated carbocycles. The number of aromatic nitrogens is 1. The van der Waals surface area contributed by atoms with E-state index >= 15 is 0 Å². The Balaban J connectivity index is 1.72. The SMILES string of the molecule is COc1cc(CNCc2c[nH]c3ccccc23)cc(OC)c1OC. The van der Waals surface area contributed by atoms with E-state index in [2.05, 4.69) is 28.5 Å². The van der Waals surface area contributed by atoms with E-state index in [4.69, 9.17) is 14.2 Å². The fourth-order valence-corrected chi connectivity index (χ4v) is 2.86. The van der Waals surface area contributed by atoms with Gasteiger partial charge in [0.05, 0.1) is 21.3 Å². The normalized spacial score (nSPS) is 10.8. The van der Waals surface area contributed by atoms with Crippen LogP contribution < -0.4 is 19.5 Å². The first-order chi connectivity index (χ1) is 11.8. The van der Waals surface area contributed by atoms with Crippen LogP contribution >= 0.6 is 0 Å². The first-order valence-corrected chi connectivity index (χ1v) is 7.81. The highest BCUT2D eigenvalue weighted by molar-refractivity contribution is 5.82. The smallest absolute Gasteiger partial charge is 0.203 e. The van der Waals surface area contributed by atoms with Crippen molar-refractivity contribution in [1.29, 1.82) is 0 Å². The van der Waals surface area contributed by atoms with E-state index in [1.165, 1.54) is 10.9 Å². The molecule has 0 amide bonds. The van der Waals surface area contributed by atoms with Crippen LogP contribution in [-0.4, -0.2) is 26.3 Å². The van der Waals surface area contributed by atoms with Gasteiger partial charge in [0.1, 0.15) is 0 Å². The number of methoxy groups -OCH3 is 3. The molecule has 24 heavy (non-hydrogen) atoms. The molecular weight excluding hydrogens is 304 g/mol. The molecule has 0 unspecified atom stereocenters. The number of rotatable bonds is 7. The van der Waals surface area contributed by atoms with Crippen molar-refractivity contribution in [3.8, 4) is 17.2 Å². The number of nitrogens with one attached hydrogen (secondary N) is 2. The van der Waals surface area contributed by atoms with Gasteiger partial charge in [0.25, 0.3) is 0 Å². The summed E-state index contributed by atoms with van der Waals surface area (Å²) in [4.78, 5) is 3.29. The summed E-state index contributed by atoms with van der Waals surface area (Å²) in [5.41, 5.74) is 3.48. The summed E-state index contributed by atoms with van der Waals surface area (Å²) in [6.07, 6.45) is 2.05. The van der Waals surface area contributed by atoms with Gasteiger partial charge >= 0.3 is 0 Å². The molecule has 0 saturated heterocycles. The topological polar surface area (TPSA) is 55.5 Å². The molecule has 0 aliphatic rings. The highest BCUT2D eigenvalue weighted by Gasteiger charge is 2.13. The molecule has 3 rings (SSSR count). The van der Waals surface area contributed by atoms with Gasteiger partial charge in [-0.25, -0.2) is 0 Å². The monoisotopic (exact) mass is 326 g/mol. The molecule has 5 heteroatoms. The zero-order valence-electron chi connectivity index (χ0n) is 14.2. The van der Waals surface area contributed by atoms with E-state index in [9.17, 15) is 0 Å². The van der Waals surface area contributed by atoms with E-state index in [1.807, 2.05) is 24.4 Å². The average molecular weight is 326 g/mol. The number of hydrogen-bond acceptors (Lipinski definition) is 4. The molecule has 1 heterocycles. The van der Waals surface area contributed by atoms with Crippen LogP contribution in [-0.2, 0) is 13.1 Å². The largest absolute Gasteiger partial charge is 0.493 e. The van der Waals surface area contributed by atoms with E-state index < -0.39 is 0 Å². The van der Waals surface area contributed by atoms with Gasteiger partial charge in [-0.05, 0) is 29.3 Å². The second-order valence-electron chi connectivity index (χ2n) is 5.50. The summed E-state index contributed by atoms with van der Waals surface area (Å²) in [6.45, 7) is 1.48. The zero-order chi connectivity index (χ0) is 16.9. The van der Waals surface area contributed by atoms with Crippen LogP contribution in [0.2, 0.25) is 0 Å². The summed E-state index contributed by atoms with van der Waals surface area (Å²) in [5.74, 6) is 1.95. The van der Waals surface area contributed by atoms with Gasteiger partial charge < -0.3 is 24.5 Å². The highest BCUT2D eigenvalue weighted by Crippen LogP contribution is 2.38. The number of para-hydroxylation sites is 1. The van der Waals surface area contributed by atoms with Gasteiger partial charge in [-0.15, -0.1) is 0 Å². The summed E-state index contributed by atoms with van der Waals surface area (Å²) >= 11 is 0. The third-order valence-corrected chi connectivity index (χ3v) is 4.04. The van der Waals surface area contributed by atoms with E-state index in [1.54, 1.807) is 21.3 Å². The van der Waals surface area contributed by atoms with Crippen molar-refractivity contribution in [3.63, 3.8) is 0 Å². The number of hydrogen-bond donors (Lipinski definition) is 2. The molecule has 0 atom stereocenters. The third-order valence-electron chi connectivity index (χ3n) is 4.04. The summed E-state index contributed by atoms with van der Waals surface area (Å²) in [6, 6.07) is 12.2. The van der Waals surface area contributed by atoms with Crippen molar-refractivity contribution in [2.24, 2.45) is 0 Å². The second kappa shape index (κ2) is 7.27. The predicted octanol–water partition coefficient (Wildman–Crippen LogP) is 3.48. The van der Waals surface area contributed by atoms with E-state index in [-0.39, 0.29) is 0 Å². The molecule has 126 valence electrons. The molecule has 0 fully saturated rings. The van der Waals surface area contributed by atoms with E-state index in [0.29, 0.717) is 23.8 Å². The fraction of sp³-hybridized carbons (Fsp3) is 0.263. The number of aromatic amines is 1. The maximum atomic E-state index is 5.39. The maximum Gasteiger partial charge on any atom is 0.203 e. The lowest BCUT2D eigenvalue weighted by molar-refractivity contribution is 0.323. The Morgan fingerprint density at radius 3 is 2.29 bits per heavy atom. The van der Waals surface area contributed by atoms with Gasteiger partial charge in [-0.1, -0.05) is 18.2 Å². The van der Waals surface area contributed by atoms with Crippen LogP contribution in [0.3, 0.4) is 0 Å². The van der Waals surface area contributed by atoms with Crippen molar-refractivity contribution in [1.82, 2.24) is 10.3 Å². The first-order valence-electron chi connectivity index (χ1n) is 7.81. The fourth-order valence-electron chi connectivity index (χ4n) is 2.86. The lowest BCUT2D eigenvalue weighted by Gasteiger charge is -2.14. The molecule has 0 spiro atoms. The Kier molecular flexibility index (Phi) is 4.91. The van der Waals surface area contributed by atoms with Crippen molar-refractivity contribution in [2.75, 3.05) is 21.3 Å². The molecular formula is C19H22N2O3. The number of ether oxygens (including phenoxy) is 3. The molecule has 3 aromatic rings. The van der Waals surface area contributed by atoms with Crippen LogP contribution in [0.5, 0.6) is 17.2 Å². The van der Waals surface area contributed by atoms with Crippen LogP contribution in [0, 0.1) is 0 Å². The van der Waals surface area contributed by atoms with Crippen LogP contribution in [0.25, 0.3) is 10.9 Å². The molecule has 1 aromatic heterocycles. The van der Waals surface area contributed by atoms with Crippen LogP contribution in [0.15, 0.2) is 42.6 Å². The maximum absolute atomic E-state index is 5.39. The van der Waals surface area contributed by atoms with Crippen LogP contribution in [0.1, 0.15) is 11.1 Å². The first kappa shape index (κ1) is 16.2. The minimum atomic E-state index is 0.611. The minimum absolute atomic E-state index is 0.611. The van der Waals surface area contributed by atoms with Crippen molar-refractivity contribution < 1.29 is 14.2 Å². The van der Waals surface area contributed by atoms with Crippen LogP contribution in [0.4, 0.5) is 0 Å². The highest BCUT2D eigenvalue weighted by atomic mass is 16.5. The standard InChI is InChI=1S/C19H22N2O3/c1-22-17-8-13(9-18(23-2)19(17)24-3)10-20-11-14-12-21-16-7-5-4-6-15(14)16/h4-9,12,20-21H,10-11H2,1-3H3. The Bertz CT molecular complexity index is 801. The van der Waals surface area contributed by atoms with Gasteiger partial charge in [-0.2, -0.15) is 0 Å². The Labute approximate surface area is 141 Å². The molecule has 2 N–H and O–H groups in total. The van der Waals surface area contributed by atoms with Gasteiger partial charge in [0, 0.05) is 30.2 Å². The average Bonchev–Trinajstić information content (AvgIpc) is 3.04. The van der Waals surface area contributed by atoms with Crippen molar-refractivity contribution in [3.05, 3.63) is 53.7 Å². The molecule has 0 radical (unpaired) electrons. The molecule has 5 nitrogen and oxygen atoms in total. The van der Waals surface area contributed by atoms with Gasteiger partial charge in [-0.3, -0.25) is 0 Å². The Morgan fingerprint density at radius 1 is 0.917 bits per heavy atom. The number of H-pyrrole nitrogens is 1. The van der Waals surface area contributed by atoms with E-state index in [0.717, 1.165) is 17.6 Å². The van der Waals surface area contributed by atoms with Gasteiger partial charge in [0.2, 0.25) is 5.75 Å². The summed E-state index contributed by atoms with van der Waals surface area (Å²) in [7, 11) is 4.86. The van der Waals surface area contributed by atoms with Crippen molar-refractivity contribution in [2.45, 2.75) is 13.1 Å². The lowest BCUT2D eigenvalue weighted by atomic mass is 10.1. The summed E-state index contributed by atoms with van der Waals surface area (Å²) < 4.78 is 16.1. The molecule has 0 bridgehead atoms. The quantitative estimate of drug-likeness (QED) is 0.698. The lowest BCUT2D eigenvalue weighted by Crippen LogP contribution is -2.12. The third kappa shape index (κ3) is 3.16. The Morgan fingerprint density at radius 2 is 1.62 bits per heavy atom.